The van der Waals surface area contributed by atoms with E-state index in [1.54, 1.807) is 6.92 Å². The number of rotatable bonds is 5. The van der Waals surface area contributed by atoms with Crippen molar-refractivity contribution in [1.82, 2.24) is 20.4 Å². The number of amides is 2. The molecule has 1 aromatic heterocycles. The maximum absolute atomic E-state index is 13.3. The first-order chi connectivity index (χ1) is 12.3. The van der Waals surface area contributed by atoms with Gasteiger partial charge in [-0.3, -0.25) is 9.59 Å². The fourth-order valence-electron chi connectivity index (χ4n) is 2.73. The van der Waals surface area contributed by atoms with E-state index in [1.165, 1.54) is 17.0 Å². The highest BCUT2D eigenvalue weighted by Gasteiger charge is 2.51. The van der Waals surface area contributed by atoms with Gasteiger partial charge in [-0.15, -0.1) is 10.2 Å². The summed E-state index contributed by atoms with van der Waals surface area (Å²) in [5.74, 6) is -1.57. The molecule has 1 aromatic carbocycles. The molecule has 1 fully saturated rings. The lowest BCUT2D eigenvalue weighted by Gasteiger charge is -2.21. The van der Waals surface area contributed by atoms with E-state index in [9.17, 15) is 19.1 Å². The maximum Gasteiger partial charge on any atom is 0.264 e. The van der Waals surface area contributed by atoms with E-state index in [-0.39, 0.29) is 37.0 Å². The van der Waals surface area contributed by atoms with Gasteiger partial charge in [0.1, 0.15) is 5.82 Å². The van der Waals surface area contributed by atoms with Crippen LogP contribution < -0.4 is 5.32 Å². The van der Waals surface area contributed by atoms with E-state index in [4.69, 9.17) is 16.0 Å². The zero-order chi connectivity index (χ0) is 18.9. The van der Waals surface area contributed by atoms with E-state index in [0.717, 1.165) is 6.07 Å². The number of halogens is 2. The molecule has 2 aromatic rings. The van der Waals surface area contributed by atoms with Crippen LogP contribution in [0.25, 0.3) is 0 Å². The van der Waals surface area contributed by atoms with Gasteiger partial charge in [-0.25, -0.2) is 4.39 Å². The second kappa shape index (κ2) is 7.00. The third-order valence-electron chi connectivity index (χ3n) is 4.03. The topological polar surface area (TPSA) is 109 Å². The second-order valence-electron chi connectivity index (χ2n) is 6.01. The molecule has 0 bridgehead atoms. The molecule has 2 heterocycles. The number of likely N-dealkylation sites (tertiary alicyclic amines) is 1. The average molecular weight is 383 g/mol. The Balaban J connectivity index is 1.63. The van der Waals surface area contributed by atoms with Crippen LogP contribution in [0, 0.1) is 12.7 Å². The molecule has 8 nitrogen and oxygen atoms in total. The lowest BCUT2D eigenvalue weighted by Crippen LogP contribution is -2.52. The maximum atomic E-state index is 13.3. The Morgan fingerprint density at radius 2 is 2.23 bits per heavy atom. The van der Waals surface area contributed by atoms with Crippen LogP contribution in [-0.2, 0) is 22.7 Å². The van der Waals surface area contributed by atoms with Crippen molar-refractivity contribution in [3.8, 4) is 0 Å². The zero-order valence-electron chi connectivity index (χ0n) is 13.8. The third kappa shape index (κ3) is 3.68. The van der Waals surface area contributed by atoms with Gasteiger partial charge in [-0.1, -0.05) is 11.6 Å². The van der Waals surface area contributed by atoms with Crippen LogP contribution in [0.15, 0.2) is 22.6 Å². The van der Waals surface area contributed by atoms with Crippen molar-refractivity contribution in [3.05, 3.63) is 46.4 Å². The Kier molecular flexibility index (Phi) is 4.92. The molecular weight excluding hydrogens is 367 g/mol. The molecular formula is C16H16ClFN4O4. The van der Waals surface area contributed by atoms with Crippen LogP contribution in [0.3, 0.4) is 0 Å². The van der Waals surface area contributed by atoms with Gasteiger partial charge in [-0.05, 0) is 23.8 Å². The Bertz CT molecular complexity index is 838. The molecule has 1 aliphatic heterocycles. The summed E-state index contributed by atoms with van der Waals surface area (Å²) in [6.45, 7) is 1.71. The van der Waals surface area contributed by atoms with E-state index < -0.39 is 23.2 Å². The van der Waals surface area contributed by atoms with Gasteiger partial charge in [0.15, 0.2) is 0 Å². The Morgan fingerprint density at radius 1 is 1.46 bits per heavy atom. The van der Waals surface area contributed by atoms with Crippen molar-refractivity contribution in [2.75, 3.05) is 6.54 Å². The molecule has 2 N–H and O–H groups in total. The number of nitrogens with zero attached hydrogens (tertiary/aromatic N) is 3. The first-order valence-electron chi connectivity index (χ1n) is 7.82. The molecule has 1 unspecified atom stereocenters. The van der Waals surface area contributed by atoms with Crippen molar-refractivity contribution in [2.45, 2.75) is 32.0 Å². The molecule has 1 saturated heterocycles. The van der Waals surface area contributed by atoms with Gasteiger partial charge < -0.3 is 19.7 Å². The van der Waals surface area contributed by atoms with Gasteiger partial charge in [0.2, 0.25) is 17.4 Å². The van der Waals surface area contributed by atoms with Crippen molar-refractivity contribution in [1.29, 1.82) is 0 Å². The minimum Gasteiger partial charge on any atom is -0.424 e. The third-order valence-corrected chi connectivity index (χ3v) is 4.25. The van der Waals surface area contributed by atoms with E-state index in [0.29, 0.717) is 11.5 Å². The van der Waals surface area contributed by atoms with Crippen LogP contribution >= 0.6 is 11.6 Å². The monoisotopic (exact) mass is 382 g/mol. The van der Waals surface area contributed by atoms with Crippen LogP contribution in [-0.4, -0.2) is 44.2 Å². The number of hydrogen-bond donors (Lipinski definition) is 2. The highest BCUT2D eigenvalue weighted by molar-refractivity contribution is 6.30. The molecule has 138 valence electrons. The highest BCUT2D eigenvalue weighted by atomic mass is 35.5. The summed E-state index contributed by atoms with van der Waals surface area (Å²) in [4.78, 5) is 26.0. The van der Waals surface area contributed by atoms with E-state index in [2.05, 4.69) is 15.5 Å². The summed E-state index contributed by atoms with van der Waals surface area (Å²) in [6.07, 6.45) is -0.0747. The second-order valence-corrected chi connectivity index (χ2v) is 6.45. The zero-order valence-corrected chi connectivity index (χ0v) is 14.6. The SMILES string of the molecule is Cc1nnc(CN2CCC(O)(C(=O)NCc3cc(F)cc(Cl)c3)C2=O)o1. The van der Waals surface area contributed by atoms with Crippen LogP contribution in [0.1, 0.15) is 23.8 Å². The number of carbonyl (C=O) groups is 2. The molecule has 0 radical (unpaired) electrons. The molecule has 1 atom stereocenters. The predicted molar refractivity (Wildman–Crippen MR) is 87.3 cm³/mol. The molecule has 3 rings (SSSR count). The molecule has 0 spiro atoms. The fourth-order valence-corrected chi connectivity index (χ4v) is 2.98. The van der Waals surface area contributed by atoms with Gasteiger partial charge in [0.25, 0.3) is 11.8 Å². The van der Waals surface area contributed by atoms with Gasteiger partial charge in [0, 0.05) is 31.5 Å². The number of benzene rings is 1. The van der Waals surface area contributed by atoms with E-state index >= 15 is 0 Å². The lowest BCUT2D eigenvalue weighted by atomic mass is 10.0. The fraction of sp³-hybridized carbons (Fsp3) is 0.375. The lowest BCUT2D eigenvalue weighted by molar-refractivity contribution is -0.154. The van der Waals surface area contributed by atoms with Gasteiger partial charge in [-0.2, -0.15) is 0 Å². The average Bonchev–Trinajstić information content (AvgIpc) is 3.11. The Hall–Kier alpha value is -2.52. The quantitative estimate of drug-likeness (QED) is 0.745. The number of aromatic nitrogens is 2. The standard InChI is InChI=1S/C16H16ClFN4O4/c1-9-20-21-13(26-9)8-22-3-2-16(25,15(22)24)14(23)19-7-10-4-11(17)6-12(18)5-10/h4-6,25H,2-3,7-8H2,1H3,(H,19,23). The van der Waals surface area contributed by atoms with Crippen molar-refractivity contribution in [2.24, 2.45) is 0 Å². The number of nitrogens with one attached hydrogen (secondary N) is 1. The minimum absolute atomic E-state index is 0.00870. The first kappa shape index (κ1) is 18.3. The summed E-state index contributed by atoms with van der Waals surface area (Å²) in [6, 6.07) is 3.82. The minimum atomic E-state index is -2.19. The molecule has 0 aliphatic carbocycles. The van der Waals surface area contributed by atoms with Gasteiger partial charge in [0.05, 0.1) is 6.54 Å². The van der Waals surface area contributed by atoms with Crippen LogP contribution in [0.2, 0.25) is 5.02 Å². The summed E-state index contributed by atoms with van der Waals surface area (Å²) < 4.78 is 18.5. The largest absolute Gasteiger partial charge is 0.424 e. The highest BCUT2D eigenvalue weighted by Crippen LogP contribution is 2.25. The van der Waals surface area contributed by atoms with Crippen LogP contribution in [0.5, 0.6) is 0 Å². The first-order valence-corrected chi connectivity index (χ1v) is 8.20. The number of hydrogen-bond acceptors (Lipinski definition) is 6. The molecule has 1 aliphatic rings. The van der Waals surface area contributed by atoms with Crippen molar-refractivity contribution < 1.29 is 23.5 Å². The molecule has 26 heavy (non-hydrogen) atoms. The molecule has 2 amide bonds. The molecule has 10 heteroatoms. The van der Waals surface area contributed by atoms with E-state index in [1.807, 2.05) is 0 Å². The summed E-state index contributed by atoms with van der Waals surface area (Å²) in [7, 11) is 0. The predicted octanol–water partition coefficient (Wildman–Crippen LogP) is 0.950. The molecule has 0 saturated carbocycles. The Labute approximate surface area is 153 Å². The number of aryl methyl sites for hydroxylation is 1. The summed E-state index contributed by atoms with van der Waals surface area (Å²) in [5, 5.41) is 20.6. The number of aliphatic hydroxyl groups is 1. The normalized spacial score (nSPS) is 19.8. The number of carbonyl (C=O) groups excluding carboxylic acids is 2. The van der Waals surface area contributed by atoms with Crippen molar-refractivity contribution in [3.63, 3.8) is 0 Å². The summed E-state index contributed by atoms with van der Waals surface area (Å²) in [5.41, 5.74) is -1.78. The van der Waals surface area contributed by atoms with Crippen molar-refractivity contribution >= 4 is 23.4 Å². The van der Waals surface area contributed by atoms with Gasteiger partial charge >= 0.3 is 0 Å². The smallest absolute Gasteiger partial charge is 0.264 e. The van der Waals surface area contributed by atoms with Crippen LogP contribution in [0.4, 0.5) is 4.39 Å². The summed E-state index contributed by atoms with van der Waals surface area (Å²) >= 11 is 5.76. The Morgan fingerprint density at radius 3 is 2.88 bits per heavy atom.